The van der Waals surface area contributed by atoms with Gasteiger partial charge in [-0.1, -0.05) is 30.9 Å². The van der Waals surface area contributed by atoms with Crippen molar-refractivity contribution in [3.63, 3.8) is 0 Å². The zero-order chi connectivity index (χ0) is 14.9. The minimum absolute atomic E-state index is 0.343. The van der Waals surface area contributed by atoms with Crippen molar-refractivity contribution < 1.29 is 4.74 Å². The van der Waals surface area contributed by atoms with Crippen molar-refractivity contribution in [2.24, 2.45) is 0 Å². The number of hydrogen-bond donors (Lipinski definition) is 0. The van der Waals surface area contributed by atoms with E-state index in [9.17, 15) is 0 Å². The summed E-state index contributed by atoms with van der Waals surface area (Å²) in [7, 11) is 0. The van der Waals surface area contributed by atoms with Gasteiger partial charge in [-0.05, 0) is 43.9 Å². The first-order valence-electron chi connectivity index (χ1n) is 8.58. The van der Waals surface area contributed by atoms with Crippen molar-refractivity contribution in [2.75, 3.05) is 6.61 Å². The number of imidazole rings is 1. The summed E-state index contributed by atoms with van der Waals surface area (Å²) in [5.74, 6) is 1.86. The lowest BCUT2D eigenvalue weighted by Gasteiger charge is -2.23. The lowest BCUT2D eigenvalue weighted by molar-refractivity contribution is 0.0967. The van der Waals surface area contributed by atoms with E-state index in [0.29, 0.717) is 12.0 Å². The van der Waals surface area contributed by atoms with E-state index in [1.165, 1.54) is 49.9 Å². The van der Waals surface area contributed by atoms with E-state index in [2.05, 4.69) is 10.6 Å². The molecule has 2 heterocycles. The van der Waals surface area contributed by atoms with Gasteiger partial charge in [0.05, 0.1) is 23.7 Å². The van der Waals surface area contributed by atoms with Gasteiger partial charge < -0.3 is 9.30 Å². The van der Waals surface area contributed by atoms with Gasteiger partial charge in [0.25, 0.3) is 0 Å². The van der Waals surface area contributed by atoms with Crippen molar-refractivity contribution in [1.82, 2.24) is 9.55 Å². The predicted octanol–water partition coefficient (Wildman–Crippen LogP) is 4.92. The smallest absolute Gasteiger partial charge is 0.113 e. The zero-order valence-corrected chi connectivity index (χ0v) is 13.7. The summed E-state index contributed by atoms with van der Waals surface area (Å²) >= 11 is 6.16. The SMILES string of the molecule is Clc1ccc2c(c1)nc(C1CCCCC1)n2CC1CCCO1. The van der Waals surface area contributed by atoms with Crippen LogP contribution in [0.15, 0.2) is 18.2 Å². The molecule has 2 aromatic rings. The van der Waals surface area contributed by atoms with E-state index >= 15 is 0 Å². The molecule has 3 nitrogen and oxygen atoms in total. The van der Waals surface area contributed by atoms with Crippen molar-refractivity contribution >= 4 is 22.6 Å². The summed E-state index contributed by atoms with van der Waals surface area (Å²) in [5, 5.41) is 0.768. The fourth-order valence-electron chi connectivity index (χ4n) is 3.98. The van der Waals surface area contributed by atoms with Crippen molar-refractivity contribution in [1.29, 1.82) is 0 Å². The van der Waals surface area contributed by atoms with Gasteiger partial charge in [-0.2, -0.15) is 0 Å². The molecule has 1 aliphatic heterocycles. The molecule has 2 fully saturated rings. The highest BCUT2D eigenvalue weighted by Crippen LogP contribution is 2.35. The van der Waals surface area contributed by atoms with E-state index in [4.69, 9.17) is 21.3 Å². The third kappa shape index (κ3) is 2.77. The maximum atomic E-state index is 6.16. The molecule has 1 aromatic heterocycles. The summed E-state index contributed by atoms with van der Waals surface area (Å²) < 4.78 is 8.28. The number of hydrogen-bond acceptors (Lipinski definition) is 2. The van der Waals surface area contributed by atoms with E-state index in [1.54, 1.807) is 0 Å². The van der Waals surface area contributed by atoms with Crippen LogP contribution in [0, 0.1) is 0 Å². The molecule has 118 valence electrons. The molecule has 22 heavy (non-hydrogen) atoms. The van der Waals surface area contributed by atoms with E-state index < -0.39 is 0 Å². The largest absolute Gasteiger partial charge is 0.376 e. The van der Waals surface area contributed by atoms with Crippen LogP contribution in [0.4, 0.5) is 0 Å². The molecular weight excluding hydrogens is 296 g/mol. The molecule has 1 unspecified atom stereocenters. The topological polar surface area (TPSA) is 27.1 Å². The Morgan fingerprint density at radius 3 is 2.77 bits per heavy atom. The van der Waals surface area contributed by atoms with Crippen LogP contribution < -0.4 is 0 Å². The molecule has 4 heteroatoms. The van der Waals surface area contributed by atoms with Crippen LogP contribution in [0.2, 0.25) is 5.02 Å². The highest BCUT2D eigenvalue weighted by Gasteiger charge is 2.25. The average Bonchev–Trinajstić information content (AvgIpc) is 3.17. The molecule has 1 aromatic carbocycles. The Bertz CT molecular complexity index is 654. The molecule has 1 saturated heterocycles. The minimum Gasteiger partial charge on any atom is -0.376 e. The van der Waals surface area contributed by atoms with Gasteiger partial charge >= 0.3 is 0 Å². The maximum absolute atomic E-state index is 6.16. The number of aromatic nitrogens is 2. The fourth-order valence-corrected chi connectivity index (χ4v) is 4.14. The Morgan fingerprint density at radius 1 is 1.14 bits per heavy atom. The van der Waals surface area contributed by atoms with Crippen molar-refractivity contribution in [3.05, 3.63) is 29.0 Å². The Labute approximate surface area is 136 Å². The van der Waals surface area contributed by atoms with Gasteiger partial charge in [0.15, 0.2) is 0 Å². The lowest BCUT2D eigenvalue weighted by atomic mass is 9.88. The molecular formula is C18H23ClN2O. The zero-order valence-electron chi connectivity index (χ0n) is 12.9. The molecule has 1 saturated carbocycles. The summed E-state index contributed by atoms with van der Waals surface area (Å²) in [6, 6.07) is 6.09. The second kappa shape index (κ2) is 6.21. The molecule has 0 radical (unpaired) electrons. The second-order valence-electron chi connectivity index (χ2n) is 6.68. The molecule has 0 bridgehead atoms. The predicted molar refractivity (Wildman–Crippen MR) is 89.5 cm³/mol. The second-order valence-corrected chi connectivity index (χ2v) is 7.12. The summed E-state index contributed by atoms with van der Waals surface area (Å²) in [6.07, 6.45) is 9.25. The Kier molecular flexibility index (Phi) is 4.10. The maximum Gasteiger partial charge on any atom is 0.113 e. The Morgan fingerprint density at radius 2 is 2.00 bits per heavy atom. The third-order valence-corrected chi connectivity index (χ3v) is 5.36. The quantitative estimate of drug-likeness (QED) is 0.803. The van der Waals surface area contributed by atoms with Gasteiger partial charge in [-0.15, -0.1) is 0 Å². The van der Waals surface area contributed by atoms with E-state index in [1.807, 2.05) is 12.1 Å². The molecule has 1 aliphatic carbocycles. The fraction of sp³-hybridized carbons (Fsp3) is 0.611. The van der Waals surface area contributed by atoms with Crippen LogP contribution in [0.3, 0.4) is 0 Å². The Hall–Kier alpha value is -1.06. The molecule has 0 amide bonds. The number of ether oxygens (including phenoxy) is 1. The summed E-state index contributed by atoms with van der Waals surface area (Å²) in [5.41, 5.74) is 2.24. The average molecular weight is 319 g/mol. The van der Waals surface area contributed by atoms with Crippen LogP contribution in [-0.4, -0.2) is 22.3 Å². The van der Waals surface area contributed by atoms with E-state index in [-0.39, 0.29) is 0 Å². The summed E-state index contributed by atoms with van der Waals surface area (Å²) in [4.78, 5) is 4.96. The standard InChI is InChI=1S/C18H23ClN2O/c19-14-8-9-17-16(11-14)20-18(13-5-2-1-3-6-13)21(17)12-15-7-4-10-22-15/h8-9,11,13,15H,1-7,10,12H2. The third-order valence-electron chi connectivity index (χ3n) is 5.12. The summed E-state index contributed by atoms with van der Waals surface area (Å²) in [6.45, 7) is 1.84. The Balaban J connectivity index is 1.74. The monoisotopic (exact) mass is 318 g/mol. The van der Waals surface area contributed by atoms with Gasteiger partial charge in [0.1, 0.15) is 5.82 Å². The highest BCUT2D eigenvalue weighted by molar-refractivity contribution is 6.31. The molecule has 1 atom stereocenters. The van der Waals surface area contributed by atoms with Gasteiger partial charge in [-0.25, -0.2) is 4.98 Å². The minimum atomic E-state index is 0.343. The first kappa shape index (κ1) is 14.5. The van der Waals surface area contributed by atoms with Gasteiger partial charge in [-0.3, -0.25) is 0 Å². The number of benzene rings is 1. The van der Waals surface area contributed by atoms with E-state index in [0.717, 1.165) is 30.1 Å². The number of nitrogens with zero attached hydrogens (tertiary/aromatic N) is 2. The molecule has 4 rings (SSSR count). The van der Waals surface area contributed by atoms with Gasteiger partial charge in [0.2, 0.25) is 0 Å². The van der Waals surface area contributed by atoms with Crippen LogP contribution in [0.25, 0.3) is 11.0 Å². The van der Waals surface area contributed by atoms with Crippen LogP contribution in [-0.2, 0) is 11.3 Å². The number of halogens is 1. The van der Waals surface area contributed by atoms with Crippen molar-refractivity contribution in [2.45, 2.75) is 63.5 Å². The van der Waals surface area contributed by atoms with Crippen molar-refractivity contribution in [3.8, 4) is 0 Å². The highest BCUT2D eigenvalue weighted by atomic mass is 35.5. The number of rotatable bonds is 3. The van der Waals surface area contributed by atoms with Crippen LogP contribution >= 0.6 is 11.6 Å². The normalized spacial score (nSPS) is 23.4. The first-order chi connectivity index (χ1) is 10.8. The number of fused-ring (bicyclic) bond motifs is 1. The van der Waals surface area contributed by atoms with Crippen LogP contribution in [0.5, 0.6) is 0 Å². The van der Waals surface area contributed by atoms with Crippen LogP contribution in [0.1, 0.15) is 56.7 Å². The lowest BCUT2D eigenvalue weighted by Crippen LogP contribution is -2.19. The van der Waals surface area contributed by atoms with Gasteiger partial charge in [0, 0.05) is 17.5 Å². The molecule has 0 spiro atoms. The molecule has 0 N–H and O–H groups in total. The first-order valence-corrected chi connectivity index (χ1v) is 8.96. The molecule has 2 aliphatic rings.